The molecule has 0 bridgehead atoms. The van der Waals surface area contributed by atoms with E-state index in [-0.39, 0.29) is 5.91 Å². The molecule has 0 spiro atoms. The van der Waals surface area contributed by atoms with Gasteiger partial charge in [-0.3, -0.25) is 15.1 Å². The van der Waals surface area contributed by atoms with E-state index in [0.29, 0.717) is 5.41 Å². The molecule has 0 atom stereocenters. The number of hydrogen-bond donors (Lipinski definition) is 2. The first kappa shape index (κ1) is 14.5. The van der Waals surface area contributed by atoms with Crippen LogP contribution in [-0.2, 0) is 6.54 Å². The monoisotopic (exact) mass is 281 g/mol. The molecule has 5 heteroatoms. The van der Waals surface area contributed by atoms with Gasteiger partial charge in [0.15, 0.2) is 0 Å². The second kappa shape index (κ2) is 6.03. The number of nitrogen functional groups attached to an aromatic ring is 1. The van der Waals surface area contributed by atoms with E-state index in [1.54, 1.807) is 0 Å². The Kier molecular flexibility index (Phi) is 4.60. The first-order valence-corrected chi connectivity index (χ1v) is 7.69. The number of thiophene rings is 1. The van der Waals surface area contributed by atoms with Gasteiger partial charge >= 0.3 is 0 Å². The fraction of sp³-hybridized carbons (Fsp3) is 0.643. The van der Waals surface area contributed by atoms with Crippen LogP contribution in [0.15, 0.2) is 11.4 Å². The topological polar surface area (TPSA) is 58.4 Å². The van der Waals surface area contributed by atoms with E-state index in [9.17, 15) is 4.79 Å². The average molecular weight is 281 g/mol. The highest BCUT2D eigenvalue weighted by molar-refractivity contribution is 7.12. The summed E-state index contributed by atoms with van der Waals surface area (Å²) in [6.45, 7) is 7.75. The number of rotatable bonds is 3. The van der Waals surface area contributed by atoms with Gasteiger partial charge in [0.05, 0.1) is 4.88 Å². The fourth-order valence-corrected chi connectivity index (χ4v) is 3.42. The van der Waals surface area contributed by atoms with E-state index < -0.39 is 0 Å². The van der Waals surface area contributed by atoms with Gasteiger partial charge in [0.2, 0.25) is 0 Å². The van der Waals surface area contributed by atoms with Crippen LogP contribution in [-0.4, -0.2) is 23.9 Å². The molecule has 0 aliphatic carbocycles. The summed E-state index contributed by atoms with van der Waals surface area (Å²) in [5, 5.41) is 1.96. The van der Waals surface area contributed by atoms with Crippen molar-refractivity contribution in [2.24, 2.45) is 11.3 Å². The van der Waals surface area contributed by atoms with Gasteiger partial charge in [0.25, 0.3) is 5.91 Å². The number of amides is 1. The lowest BCUT2D eigenvalue weighted by Gasteiger charge is -2.23. The van der Waals surface area contributed by atoms with Crippen LogP contribution >= 0.6 is 11.3 Å². The summed E-state index contributed by atoms with van der Waals surface area (Å²) < 4.78 is 0. The molecule has 0 unspecified atom stereocenters. The van der Waals surface area contributed by atoms with Crippen molar-refractivity contribution in [3.63, 3.8) is 0 Å². The van der Waals surface area contributed by atoms with Crippen molar-refractivity contribution in [3.05, 3.63) is 21.9 Å². The van der Waals surface area contributed by atoms with Crippen LogP contribution < -0.4 is 11.3 Å². The summed E-state index contributed by atoms with van der Waals surface area (Å²) in [6, 6.07) is 2.03. The number of carbonyl (C=O) groups is 1. The predicted molar refractivity (Wildman–Crippen MR) is 78.9 cm³/mol. The zero-order valence-corrected chi connectivity index (χ0v) is 12.6. The number of nitrogens with two attached hydrogens (primary N) is 1. The summed E-state index contributed by atoms with van der Waals surface area (Å²) in [7, 11) is 0. The van der Waals surface area contributed by atoms with E-state index in [4.69, 9.17) is 5.84 Å². The predicted octanol–water partition coefficient (Wildman–Crippen LogP) is 2.36. The molecule has 1 aliphatic heterocycles. The molecular weight excluding hydrogens is 258 g/mol. The molecule has 106 valence electrons. The van der Waals surface area contributed by atoms with Gasteiger partial charge in [-0.25, -0.2) is 5.84 Å². The Morgan fingerprint density at radius 1 is 1.47 bits per heavy atom. The molecule has 0 aromatic carbocycles. The van der Waals surface area contributed by atoms with Crippen LogP contribution in [0.2, 0.25) is 0 Å². The molecule has 1 aliphatic rings. The Morgan fingerprint density at radius 3 is 3.00 bits per heavy atom. The van der Waals surface area contributed by atoms with Crippen molar-refractivity contribution < 1.29 is 4.79 Å². The maximum atomic E-state index is 11.7. The number of likely N-dealkylation sites (tertiary alicyclic amines) is 1. The minimum absolute atomic E-state index is 0.180. The molecule has 2 rings (SSSR count). The Morgan fingerprint density at radius 2 is 2.26 bits per heavy atom. The molecule has 19 heavy (non-hydrogen) atoms. The minimum Gasteiger partial charge on any atom is -0.299 e. The highest BCUT2D eigenvalue weighted by atomic mass is 32.1. The zero-order valence-electron chi connectivity index (χ0n) is 11.7. The van der Waals surface area contributed by atoms with Crippen molar-refractivity contribution in [1.82, 2.24) is 10.3 Å². The largest absolute Gasteiger partial charge is 0.299 e. The van der Waals surface area contributed by atoms with Crippen LogP contribution in [0.25, 0.3) is 0 Å². The smallest absolute Gasteiger partial charge is 0.275 e. The summed E-state index contributed by atoms with van der Waals surface area (Å²) >= 11 is 1.46. The van der Waals surface area contributed by atoms with Gasteiger partial charge in [-0.1, -0.05) is 13.8 Å². The molecule has 0 saturated carbocycles. The highest BCUT2D eigenvalue weighted by Crippen LogP contribution is 2.30. The molecule has 3 N–H and O–H groups in total. The average Bonchev–Trinajstić information content (AvgIpc) is 2.75. The summed E-state index contributed by atoms with van der Waals surface area (Å²) in [5.74, 6) is 5.04. The van der Waals surface area contributed by atoms with Crippen LogP contribution in [0.3, 0.4) is 0 Å². The number of nitrogens with zero attached hydrogens (tertiary/aromatic N) is 1. The van der Waals surface area contributed by atoms with E-state index in [1.807, 2.05) is 11.4 Å². The van der Waals surface area contributed by atoms with Crippen molar-refractivity contribution >= 4 is 17.2 Å². The molecule has 1 saturated heterocycles. The van der Waals surface area contributed by atoms with E-state index in [2.05, 4.69) is 24.2 Å². The zero-order chi connectivity index (χ0) is 13.9. The lowest BCUT2D eigenvalue weighted by Crippen LogP contribution is -2.31. The van der Waals surface area contributed by atoms with Crippen molar-refractivity contribution in [1.29, 1.82) is 0 Å². The molecule has 1 aromatic rings. The van der Waals surface area contributed by atoms with Crippen LogP contribution in [0.4, 0.5) is 0 Å². The van der Waals surface area contributed by atoms with E-state index in [1.165, 1.54) is 30.6 Å². The summed E-state index contributed by atoms with van der Waals surface area (Å²) in [6.07, 6.45) is 3.73. The van der Waals surface area contributed by atoms with Gasteiger partial charge in [0, 0.05) is 6.54 Å². The molecule has 1 fully saturated rings. The SMILES string of the molecule is CC1(C)CCCN(Cc2ccsc2C(=O)NN)CC1. The first-order chi connectivity index (χ1) is 9.02. The fourth-order valence-electron chi connectivity index (χ4n) is 2.60. The summed E-state index contributed by atoms with van der Waals surface area (Å²) in [4.78, 5) is 14.9. The van der Waals surface area contributed by atoms with Gasteiger partial charge in [0.1, 0.15) is 0 Å². The number of nitrogens with one attached hydrogen (secondary N) is 1. The lowest BCUT2D eigenvalue weighted by atomic mass is 9.85. The Bertz CT molecular complexity index is 442. The maximum Gasteiger partial charge on any atom is 0.275 e. The molecule has 1 aromatic heterocycles. The van der Waals surface area contributed by atoms with Crippen LogP contribution in [0.1, 0.15) is 48.3 Å². The van der Waals surface area contributed by atoms with Gasteiger partial charge in [-0.2, -0.15) is 0 Å². The molecule has 0 radical (unpaired) electrons. The van der Waals surface area contributed by atoms with Gasteiger partial charge in [-0.05, 0) is 54.8 Å². The Balaban J connectivity index is 2.01. The standard InChI is InChI=1S/C14H23N3OS/c1-14(2)5-3-7-17(8-6-14)10-11-4-9-19-12(11)13(18)16-15/h4,9H,3,5-8,10,15H2,1-2H3,(H,16,18). The molecule has 1 amide bonds. The lowest BCUT2D eigenvalue weighted by molar-refractivity contribution is 0.0955. The Labute approximate surface area is 118 Å². The highest BCUT2D eigenvalue weighted by Gasteiger charge is 2.24. The second-order valence-corrected chi connectivity index (χ2v) is 6.96. The number of hydrogen-bond acceptors (Lipinski definition) is 4. The third-order valence-corrected chi connectivity index (χ3v) is 4.87. The van der Waals surface area contributed by atoms with E-state index in [0.717, 1.165) is 30.1 Å². The molecular formula is C14H23N3OS. The van der Waals surface area contributed by atoms with Gasteiger partial charge in [-0.15, -0.1) is 11.3 Å². The minimum atomic E-state index is -0.180. The van der Waals surface area contributed by atoms with Crippen LogP contribution in [0, 0.1) is 5.41 Å². The van der Waals surface area contributed by atoms with E-state index >= 15 is 0 Å². The van der Waals surface area contributed by atoms with Crippen molar-refractivity contribution in [2.45, 2.75) is 39.7 Å². The second-order valence-electron chi connectivity index (χ2n) is 6.04. The number of hydrazine groups is 1. The third-order valence-electron chi connectivity index (χ3n) is 3.91. The Hall–Kier alpha value is -0.910. The van der Waals surface area contributed by atoms with Crippen molar-refractivity contribution in [2.75, 3.05) is 13.1 Å². The number of carbonyl (C=O) groups excluding carboxylic acids is 1. The first-order valence-electron chi connectivity index (χ1n) is 6.81. The normalized spacial score (nSPS) is 19.9. The third kappa shape index (κ3) is 3.78. The quantitative estimate of drug-likeness (QED) is 0.508. The van der Waals surface area contributed by atoms with Gasteiger partial charge < -0.3 is 0 Å². The molecule has 4 nitrogen and oxygen atoms in total. The maximum absolute atomic E-state index is 11.7. The van der Waals surface area contributed by atoms with Crippen LogP contribution in [0.5, 0.6) is 0 Å². The van der Waals surface area contributed by atoms with Crippen molar-refractivity contribution in [3.8, 4) is 0 Å². The molecule has 2 heterocycles. The summed E-state index contributed by atoms with van der Waals surface area (Å²) in [5.41, 5.74) is 3.76.